The zero-order valence-electron chi connectivity index (χ0n) is 9.05. The van der Waals surface area contributed by atoms with Crippen LogP contribution in [-0.2, 0) is 20.0 Å². The number of aryl methyl sites for hydroxylation is 1. The van der Waals surface area contributed by atoms with Gasteiger partial charge in [0.2, 0.25) is 0 Å². The van der Waals surface area contributed by atoms with Crippen LogP contribution in [0, 0.1) is 0 Å². The van der Waals surface area contributed by atoms with Crippen LogP contribution in [0.4, 0.5) is 0 Å². The van der Waals surface area contributed by atoms with Crippen molar-refractivity contribution in [2.75, 3.05) is 0 Å². The SMILES string of the molecule is CCc1c(CN)c2cc(Br)ccc2n1C. The first-order valence-corrected chi connectivity index (χ1v) is 5.94. The maximum absolute atomic E-state index is 5.83. The van der Waals surface area contributed by atoms with E-state index in [1.54, 1.807) is 0 Å². The Kier molecular flexibility index (Phi) is 2.85. The van der Waals surface area contributed by atoms with Gasteiger partial charge in [0.1, 0.15) is 0 Å². The van der Waals surface area contributed by atoms with E-state index in [2.05, 4.69) is 52.7 Å². The minimum atomic E-state index is 0.608. The van der Waals surface area contributed by atoms with Crippen molar-refractivity contribution < 1.29 is 0 Å². The zero-order valence-corrected chi connectivity index (χ0v) is 10.6. The second kappa shape index (κ2) is 3.99. The molecule has 15 heavy (non-hydrogen) atoms. The average Bonchev–Trinajstić information content (AvgIpc) is 2.50. The third-order valence-electron chi connectivity index (χ3n) is 2.94. The number of hydrogen-bond acceptors (Lipinski definition) is 1. The van der Waals surface area contributed by atoms with E-state index in [9.17, 15) is 0 Å². The Hall–Kier alpha value is -0.800. The molecule has 0 saturated carbocycles. The highest BCUT2D eigenvalue weighted by atomic mass is 79.9. The first-order chi connectivity index (χ1) is 7.19. The van der Waals surface area contributed by atoms with Gasteiger partial charge in [-0.05, 0) is 30.2 Å². The molecule has 0 unspecified atom stereocenters. The Bertz CT molecular complexity index is 500. The molecule has 0 saturated heterocycles. The van der Waals surface area contributed by atoms with Crippen LogP contribution in [0.3, 0.4) is 0 Å². The lowest BCUT2D eigenvalue weighted by Gasteiger charge is -2.02. The lowest BCUT2D eigenvalue weighted by atomic mass is 10.1. The Morgan fingerprint density at radius 1 is 1.40 bits per heavy atom. The molecule has 0 atom stereocenters. The van der Waals surface area contributed by atoms with Gasteiger partial charge in [-0.25, -0.2) is 0 Å². The molecule has 0 aliphatic carbocycles. The van der Waals surface area contributed by atoms with Crippen LogP contribution in [0.25, 0.3) is 10.9 Å². The van der Waals surface area contributed by atoms with Crippen LogP contribution in [0.2, 0.25) is 0 Å². The van der Waals surface area contributed by atoms with E-state index >= 15 is 0 Å². The first kappa shape index (κ1) is 10.7. The third kappa shape index (κ3) is 1.60. The molecule has 2 N–H and O–H groups in total. The highest BCUT2D eigenvalue weighted by molar-refractivity contribution is 9.10. The summed E-state index contributed by atoms with van der Waals surface area (Å²) in [6, 6.07) is 6.36. The zero-order chi connectivity index (χ0) is 11.0. The van der Waals surface area contributed by atoms with Crippen molar-refractivity contribution in [1.29, 1.82) is 0 Å². The summed E-state index contributed by atoms with van der Waals surface area (Å²) in [7, 11) is 2.11. The first-order valence-electron chi connectivity index (χ1n) is 5.14. The fraction of sp³-hybridized carbons (Fsp3) is 0.333. The second-order valence-corrected chi connectivity index (χ2v) is 4.62. The summed E-state index contributed by atoms with van der Waals surface area (Å²) in [4.78, 5) is 0. The van der Waals surface area contributed by atoms with Crippen molar-refractivity contribution in [3.63, 3.8) is 0 Å². The van der Waals surface area contributed by atoms with E-state index in [0.717, 1.165) is 10.9 Å². The summed E-state index contributed by atoms with van der Waals surface area (Å²) < 4.78 is 3.35. The number of rotatable bonds is 2. The van der Waals surface area contributed by atoms with Gasteiger partial charge in [-0.1, -0.05) is 22.9 Å². The van der Waals surface area contributed by atoms with Gasteiger partial charge in [-0.2, -0.15) is 0 Å². The van der Waals surface area contributed by atoms with Crippen LogP contribution in [0.5, 0.6) is 0 Å². The largest absolute Gasteiger partial charge is 0.347 e. The van der Waals surface area contributed by atoms with E-state index in [1.165, 1.54) is 22.2 Å². The molecule has 0 aliphatic rings. The van der Waals surface area contributed by atoms with Gasteiger partial charge in [0, 0.05) is 34.7 Å². The van der Waals surface area contributed by atoms with Crippen molar-refractivity contribution >= 4 is 26.8 Å². The molecule has 1 heterocycles. The third-order valence-corrected chi connectivity index (χ3v) is 3.43. The quantitative estimate of drug-likeness (QED) is 0.891. The summed E-state index contributed by atoms with van der Waals surface area (Å²) in [5.74, 6) is 0. The molecule has 80 valence electrons. The number of halogens is 1. The minimum Gasteiger partial charge on any atom is -0.347 e. The molecule has 2 rings (SSSR count). The molecule has 0 spiro atoms. The topological polar surface area (TPSA) is 30.9 Å². The van der Waals surface area contributed by atoms with Crippen LogP contribution >= 0.6 is 15.9 Å². The molecular weight excluding hydrogens is 252 g/mol. The monoisotopic (exact) mass is 266 g/mol. The lowest BCUT2D eigenvalue weighted by Crippen LogP contribution is -2.02. The molecule has 2 aromatic rings. The van der Waals surface area contributed by atoms with Crippen molar-refractivity contribution in [3.8, 4) is 0 Å². The minimum absolute atomic E-state index is 0.608. The molecule has 2 nitrogen and oxygen atoms in total. The Morgan fingerprint density at radius 2 is 2.13 bits per heavy atom. The Labute approximate surface area is 98.2 Å². The molecule has 0 aliphatic heterocycles. The van der Waals surface area contributed by atoms with Gasteiger partial charge in [0.05, 0.1) is 0 Å². The van der Waals surface area contributed by atoms with Gasteiger partial charge in [-0.3, -0.25) is 0 Å². The predicted molar refractivity (Wildman–Crippen MR) is 67.9 cm³/mol. The maximum atomic E-state index is 5.83. The molecular formula is C12H15BrN2. The molecule has 0 bridgehead atoms. The van der Waals surface area contributed by atoms with E-state index < -0.39 is 0 Å². The van der Waals surface area contributed by atoms with Gasteiger partial charge in [0.25, 0.3) is 0 Å². The number of benzene rings is 1. The summed E-state index contributed by atoms with van der Waals surface area (Å²) >= 11 is 3.50. The fourth-order valence-electron chi connectivity index (χ4n) is 2.22. The molecule has 0 amide bonds. The summed E-state index contributed by atoms with van der Waals surface area (Å²) in [5.41, 5.74) is 9.70. The van der Waals surface area contributed by atoms with Crippen molar-refractivity contribution in [3.05, 3.63) is 33.9 Å². The van der Waals surface area contributed by atoms with E-state index in [4.69, 9.17) is 5.73 Å². The van der Waals surface area contributed by atoms with Gasteiger partial charge in [0.15, 0.2) is 0 Å². The highest BCUT2D eigenvalue weighted by Gasteiger charge is 2.12. The van der Waals surface area contributed by atoms with Crippen LogP contribution in [0.15, 0.2) is 22.7 Å². The molecule has 1 aromatic carbocycles. The van der Waals surface area contributed by atoms with Crippen molar-refractivity contribution in [2.24, 2.45) is 12.8 Å². The number of fused-ring (bicyclic) bond motifs is 1. The second-order valence-electron chi connectivity index (χ2n) is 3.70. The lowest BCUT2D eigenvalue weighted by molar-refractivity contribution is 0.842. The average molecular weight is 267 g/mol. The fourth-order valence-corrected chi connectivity index (χ4v) is 2.59. The summed E-state index contributed by atoms with van der Waals surface area (Å²) in [5, 5.41) is 1.27. The van der Waals surface area contributed by atoms with Crippen LogP contribution in [-0.4, -0.2) is 4.57 Å². The molecule has 3 heteroatoms. The highest BCUT2D eigenvalue weighted by Crippen LogP contribution is 2.28. The number of nitrogens with two attached hydrogens (primary N) is 1. The van der Waals surface area contributed by atoms with Crippen LogP contribution in [0.1, 0.15) is 18.2 Å². The van der Waals surface area contributed by atoms with Crippen LogP contribution < -0.4 is 5.73 Å². The molecule has 1 aromatic heterocycles. The normalized spacial score (nSPS) is 11.2. The standard InChI is InChI=1S/C12H15BrN2/c1-3-11-10(7-14)9-6-8(13)4-5-12(9)15(11)2/h4-6H,3,7,14H2,1-2H3. The van der Waals surface area contributed by atoms with Gasteiger partial charge in [-0.15, -0.1) is 0 Å². The van der Waals surface area contributed by atoms with Crippen molar-refractivity contribution in [2.45, 2.75) is 19.9 Å². The van der Waals surface area contributed by atoms with E-state index in [-0.39, 0.29) is 0 Å². The Balaban J connectivity index is 2.85. The van der Waals surface area contributed by atoms with E-state index in [1.807, 2.05) is 0 Å². The predicted octanol–water partition coefficient (Wildman–Crippen LogP) is 2.96. The summed E-state index contributed by atoms with van der Waals surface area (Å²) in [6.45, 7) is 2.78. The smallest absolute Gasteiger partial charge is 0.0484 e. The van der Waals surface area contributed by atoms with Crippen molar-refractivity contribution in [1.82, 2.24) is 4.57 Å². The Morgan fingerprint density at radius 3 is 2.73 bits per heavy atom. The van der Waals surface area contributed by atoms with Gasteiger partial charge >= 0.3 is 0 Å². The number of aromatic nitrogens is 1. The number of nitrogens with zero attached hydrogens (tertiary/aromatic N) is 1. The van der Waals surface area contributed by atoms with Gasteiger partial charge < -0.3 is 10.3 Å². The molecule has 0 fully saturated rings. The number of hydrogen-bond donors (Lipinski definition) is 1. The van der Waals surface area contributed by atoms with E-state index in [0.29, 0.717) is 6.54 Å². The summed E-state index contributed by atoms with van der Waals surface area (Å²) in [6.07, 6.45) is 1.02. The molecule has 0 radical (unpaired) electrons. The maximum Gasteiger partial charge on any atom is 0.0484 e.